The fourth-order valence-electron chi connectivity index (χ4n) is 2.54. The van der Waals surface area contributed by atoms with Gasteiger partial charge in [0, 0.05) is 16.4 Å². The van der Waals surface area contributed by atoms with Crippen molar-refractivity contribution >= 4 is 34.8 Å². The average Bonchev–Trinajstić information content (AvgIpc) is 2.66. The number of amides is 2. The largest absolute Gasteiger partial charge is 0.457 e. The Morgan fingerprint density at radius 2 is 1.50 bits per heavy atom. The van der Waals surface area contributed by atoms with Crippen LogP contribution in [-0.4, -0.2) is 11.8 Å². The van der Waals surface area contributed by atoms with E-state index >= 15 is 0 Å². The number of ether oxygens (including phenoxy) is 1. The highest BCUT2D eigenvalue weighted by Crippen LogP contribution is 2.23. The lowest BCUT2D eigenvalue weighted by Gasteiger charge is -2.10. The molecule has 0 radical (unpaired) electrons. The summed E-state index contributed by atoms with van der Waals surface area (Å²) in [6.45, 7) is 1.83. The van der Waals surface area contributed by atoms with Gasteiger partial charge >= 0.3 is 0 Å². The van der Waals surface area contributed by atoms with Gasteiger partial charge in [-0.2, -0.15) is 0 Å². The molecule has 3 aromatic carbocycles. The normalized spacial score (nSPS) is 10.2. The third kappa shape index (κ3) is 5.59. The summed E-state index contributed by atoms with van der Waals surface area (Å²) in [7, 11) is 0. The molecule has 0 saturated heterocycles. The predicted octanol–water partition coefficient (Wildman–Crippen LogP) is 5.41. The van der Waals surface area contributed by atoms with Gasteiger partial charge in [0.05, 0.1) is 0 Å². The molecule has 3 aromatic rings. The van der Waals surface area contributed by atoms with Crippen LogP contribution in [0, 0.1) is 6.92 Å². The number of hydrogen-bond acceptors (Lipinski definition) is 3. The molecule has 0 heterocycles. The lowest BCUT2D eigenvalue weighted by Crippen LogP contribution is -2.21. The minimum absolute atomic E-state index is 0.287. The second-order valence-electron chi connectivity index (χ2n) is 6.17. The number of halogens is 1. The first kappa shape index (κ1) is 19.5. The van der Waals surface area contributed by atoms with Gasteiger partial charge in [0.2, 0.25) is 11.8 Å². The number of nitrogens with one attached hydrogen (secondary N) is 2. The van der Waals surface area contributed by atoms with Gasteiger partial charge in [-0.3, -0.25) is 9.59 Å². The van der Waals surface area contributed by atoms with Crippen molar-refractivity contribution in [3.05, 3.63) is 83.4 Å². The van der Waals surface area contributed by atoms with Gasteiger partial charge < -0.3 is 15.4 Å². The summed E-state index contributed by atoms with van der Waals surface area (Å²) in [6.07, 6.45) is -0.287. The highest BCUT2D eigenvalue weighted by atomic mass is 35.5. The maximum absolute atomic E-state index is 12.1. The van der Waals surface area contributed by atoms with Crippen LogP contribution in [-0.2, 0) is 9.59 Å². The van der Waals surface area contributed by atoms with Crippen LogP contribution < -0.4 is 15.4 Å². The maximum atomic E-state index is 12.1. The topological polar surface area (TPSA) is 67.4 Å². The van der Waals surface area contributed by atoms with E-state index in [2.05, 4.69) is 10.6 Å². The molecule has 142 valence electrons. The summed E-state index contributed by atoms with van der Waals surface area (Å²) in [5.41, 5.74) is 2.04. The fraction of sp³-hybridized carbons (Fsp3) is 0.0909. The number of para-hydroxylation sites is 1. The van der Waals surface area contributed by atoms with Crippen molar-refractivity contribution in [2.75, 3.05) is 10.6 Å². The molecule has 2 N–H and O–H groups in total. The quantitative estimate of drug-likeness (QED) is 0.549. The number of hydrogen-bond donors (Lipinski definition) is 2. The summed E-state index contributed by atoms with van der Waals surface area (Å²) >= 11 is 5.90. The molecule has 0 unspecified atom stereocenters. The van der Waals surface area contributed by atoms with E-state index in [1.807, 2.05) is 37.3 Å². The second-order valence-corrected chi connectivity index (χ2v) is 6.61. The van der Waals surface area contributed by atoms with E-state index in [1.54, 1.807) is 42.5 Å². The molecule has 0 spiro atoms. The minimum atomic E-state index is -0.402. The molecule has 0 aliphatic carbocycles. The Labute approximate surface area is 168 Å². The molecule has 0 bridgehead atoms. The highest BCUT2D eigenvalue weighted by molar-refractivity contribution is 6.30. The fourth-order valence-corrected chi connectivity index (χ4v) is 2.77. The number of aryl methyl sites for hydroxylation is 1. The smallest absolute Gasteiger partial charge is 0.233 e. The molecule has 0 saturated carbocycles. The zero-order chi connectivity index (χ0) is 19.9. The van der Waals surface area contributed by atoms with Crippen LogP contribution in [0.1, 0.15) is 12.0 Å². The number of rotatable bonds is 6. The van der Waals surface area contributed by atoms with Gasteiger partial charge in [-0.1, -0.05) is 29.8 Å². The molecule has 0 atom stereocenters. The Kier molecular flexibility index (Phi) is 6.29. The van der Waals surface area contributed by atoms with Crippen molar-refractivity contribution in [1.82, 2.24) is 0 Å². The lowest BCUT2D eigenvalue weighted by molar-refractivity contribution is -0.123. The number of carbonyl (C=O) groups is 2. The highest BCUT2D eigenvalue weighted by Gasteiger charge is 2.11. The third-order valence-corrected chi connectivity index (χ3v) is 4.14. The molecular formula is C22H19ClN2O3. The standard InChI is InChI=1S/C22H19ClN2O3/c1-15-13-16(23)7-12-20(15)25-22(27)14-21(26)24-17-8-10-19(11-9-17)28-18-5-3-2-4-6-18/h2-13H,14H2,1H3,(H,24,26)(H,25,27). The molecule has 0 aliphatic heterocycles. The first-order chi connectivity index (χ1) is 13.5. The molecule has 0 aromatic heterocycles. The van der Waals surface area contributed by atoms with Gasteiger partial charge in [-0.15, -0.1) is 0 Å². The van der Waals surface area contributed by atoms with Crippen LogP contribution in [0.2, 0.25) is 5.02 Å². The van der Waals surface area contributed by atoms with Crippen LogP contribution in [0.3, 0.4) is 0 Å². The van der Waals surface area contributed by atoms with Crippen molar-refractivity contribution in [2.24, 2.45) is 0 Å². The molecular weight excluding hydrogens is 376 g/mol. The Bertz CT molecular complexity index is 973. The molecule has 0 aliphatic rings. The Balaban J connectivity index is 1.52. The van der Waals surface area contributed by atoms with Gasteiger partial charge in [0.1, 0.15) is 17.9 Å². The van der Waals surface area contributed by atoms with Crippen molar-refractivity contribution in [2.45, 2.75) is 13.3 Å². The van der Waals surface area contributed by atoms with Crippen molar-refractivity contribution in [1.29, 1.82) is 0 Å². The molecule has 28 heavy (non-hydrogen) atoms. The third-order valence-electron chi connectivity index (χ3n) is 3.90. The number of benzene rings is 3. The summed E-state index contributed by atoms with van der Waals surface area (Å²) in [5, 5.41) is 6.00. The Morgan fingerprint density at radius 3 is 2.18 bits per heavy atom. The number of carbonyl (C=O) groups excluding carboxylic acids is 2. The summed E-state index contributed by atoms with van der Waals surface area (Å²) < 4.78 is 5.70. The molecule has 6 heteroatoms. The second kappa shape index (κ2) is 9.06. The van der Waals surface area contributed by atoms with Crippen molar-refractivity contribution < 1.29 is 14.3 Å². The van der Waals surface area contributed by atoms with Crippen LogP contribution >= 0.6 is 11.6 Å². The van der Waals surface area contributed by atoms with Gasteiger partial charge in [-0.25, -0.2) is 0 Å². The van der Waals surface area contributed by atoms with E-state index in [0.717, 1.165) is 11.3 Å². The van der Waals surface area contributed by atoms with Crippen LogP contribution in [0.25, 0.3) is 0 Å². The Morgan fingerprint density at radius 1 is 0.857 bits per heavy atom. The average molecular weight is 395 g/mol. The maximum Gasteiger partial charge on any atom is 0.233 e. The van der Waals surface area contributed by atoms with Crippen molar-refractivity contribution in [3.63, 3.8) is 0 Å². The first-order valence-corrected chi connectivity index (χ1v) is 9.06. The summed E-state index contributed by atoms with van der Waals surface area (Å²) in [5.74, 6) is 0.585. The van der Waals surface area contributed by atoms with Gasteiger partial charge in [-0.05, 0) is 67.1 Å². The summed E-state index contributed by atoms with van der Waals surface area (Å²) in [6, 6.07) is 21.5. The van der Waals surface area contributed by atoms with E-state index in [1.165, 1.54) is 0 Å². The SMILES string of the molecule is Cc1cc(Cl)ccc1NC(=O)CC(=O)Nc1ccc(Oc2ccccc2)cc1. The van der Waals surface area contributed by atoms with Crippen LogP contribution in [0.15, 0.2) is 72.8 Å². The first-order valence-electron chi connectivity index (χ1n) is 8.68. The summed E-state index contributed by atoms with van der Waals surface area (Å²) in [4.78, 5) is 24.2. The van der Waals surface area contributed by atoms with Crippen LogP contribution in [0.5, 0.6) is 11.5 Å². The van der Waals surface area contributed by atoms with Crippen molar-refractivity contribution in [3.8, 4) is 11.5 Å². The van der Waals surface area contributed by atoms with Gasteiger partial charge in [0.15, 0.2) is 0 Å². The van der Waals surface area contributed by atoms with Crippen LogP contribution in [0.4, 0.5) is 11.4 Å². The zero-order valence-corrected chi connectivity index (χ0v) is 16.0. The van der Waals surface area contributed by atoms with E-state index in [-0.39, 0.29) is 6.42 Å². The molecule has 0 fully saturated rings. The van der Waals surface area contributed by atoms with E-state index in [9.17, 15) is 9.59 Å². The monoisotopic (exact) mass is 394 g/mol. The number of anilines is 2. The van der Waals surface area contributed by atoms with E-state index in [4.69, 9.17) is 16.3 Å². The Hall–Kier alpha value is -3.31. The molecule has 5 nitrogen and oxygen atoms in total. The molecule has 2 amide bonds. The van der Waals surface area contributed by atoms with E-state index in [0.29, 0.717) is 22.1 Å². The lowest BCUT2D eigenvalue weighted by atomic mass is 10.2. The minimum Gasteiger partial charge on any atom is -0.457 e. The van der Waals surface area contributed by atoms with Gasteiger partial charge in [0.25, 0.3) is 0 Å². The molecule has 3 rings (SSSR count). The van der Waals surface area contributed by atoms with E-state index < -0.39 is 11.8 Å². The zero-order valence-electron chi connectivity index (χ0n) is 15.2. The predicted molar refractivity (Wildman–Crippen MR) is 111 cm³/mol.